The Bertz CT molecular complexity index is 1380. The van der Waals surface area contributed by atoms with Crippen molar-refractivity contribution in [2.45, 2.75) is 5.16 Å². The number of benzene rings is 3. The third-order valence-electron chi connectivity index (χ3n) is 4.92. The minimum Gasteiger partial charge on any atom is -0.493 e. The molecule has 0 aliphatic carbocycles. The first kappa shape index (κ1) is 23.7. The summed E-state index contributed by atoms with van der Waals surface area (Å²) in [5.74, 6) is 1.10. The number of halogens is 1. The number of fused-ring (bicyclic) bond motifs is 1. The van der Waals surface area contributed by atoms with Crippen molar-refractivity contribution < 1.29 is 14.3 Å². The number of rotatable bonds is 9. The fraction of sp³-hybridized carbons (Fsp3) is 0.160. The molecule has 0 radical (unpaired) electrons. The number of carbonyl (C=O) groups excluding carboxylic acids is 1. The summed E-state index contributed by atoms with van der Waals surface area (Å²) in [6, 6.07) is 21.5. The van der Waals surface area contributed by atoms with Crippen LogP contribution in [0.5, 0.6) is 11.5 Å². The van der Waals surface area contributed by atoms with Crippen molar-refractivity contribution in [1.82, 2.24) is 14.9 Å². The van der Waals surface area contributed by atoms with Gasteiger partial charge in [-0.25, -0.2) is 4.98 Å². The molecule has 9 heteroatoms. The summed E-state index contributed by atoms with van der Waals surface area (Å²) in [4.78, 5) is 30.4. The van der Waals surface area contributed by atoms with E-state index in [1.165, 1.54) is 16.3 Å². The van der Waals surface area contributed by atoms with Crippen molar-refractivity contribution in [3.63, 3.8) is 0 Å². The molecule has 1 aromatic heterocycles. The van der Waals surface area contributed by atoms with Gasteiger partial charge in [0.15, 0.2) is 16.7 Å². The van der Waals surface area contributed by atoms with E-state index in [1.54, 1.807) is 61.7 Å². The summed E-state index contributed by atoms with van der Waals surface area (Å²) >= 11 is 7.54. The lowest BCUT2D eigenvalue weighted by molar-refractivity contribution is -0.118. The van der Waals surface area contributed by atoms with E-state index in [4.69, 9.17) is 21.1 Å². The van der Waals surface area contributed by atoms with Crippen LogP contribution in [0.4, 0.5) is 0 Å². The van der Waals surface area contributed by atoms with E-state index in [0.29, 0.717) is 44.8 Å². The van der Waals surface area contributed by atoms with Gasteiger partial charge in [0, 0.05) is 0 Å². The van der Waals surface area contributed by atoms with Crippen LogP contribution in [0.25, 0.3) is 16.6 Å². The third-order valence-corrected chi connectivity index (χ3v) is 6.18. The molecule has 34 heavy (non-hydrogen) atoms. The first-order valence-corrected chi connectivity index (χ1v) is 11.9. The van der Waals surface area contributed by atoms with Gasteiger partial charge in [0.05, 0.1) is 41.0 Å². The minimum absolute atomic E-state index is 0.0733. The highest BCUT2D eigenvalue weighted by Gasteiger charge is 2.16. The lowest BCUT2D eigenvalue weighted by Crippen LogP contribution is -2.30. The fourth-order valence-electron chi connectivity index (χ4n) is 3.33. The molecule has 1 amide bonds. The molecule has 0 spiro atoms. The maximum absolute atomic E-state index is 13.3. The van der Waals surface area contributed by atoms with Crippen molar-refractivity contribution in [3.8, 4) is 17.2 Å². The Morgan fingerprint density at radius 2 is 1.74 bits per heavy atom. The van der Waals surface area contributed by atoms with Gasteiger partial charge in [-0.3, -0.25) is 14.2 Å². The second-order valence-corrected chi connectivity index (χ2v) is 8.49. The van der Waals surface area contributed by atoms with E-state index in [-0.39, 0.29) is 23.8 Å². The molecule has 0 saturated carbocycles. The van der Waals surface area contributed by atoms with Crippen LogP contribution in [0, 0.1) is 0 Å². The monoisotopic (exact) mass is 495 g/mol. The van der Waals surface area contributed by atoms with Crippen LogP contribution in [0.3, 0.4) is 0 Å². The van der Waals surface area contributed by atoms with Gasteiger partial charge in [-0.2, -0.15) is 0 Å². The zero-order valence-electron chi connectivity index (χ0n) is 18.4. The Balaban J connectivity index is 1.45. The zero-order valence-corrected chi connectivity index (χ0v) is 19.9. The molecule has 4 rings (SSSR count). The normalized spacial score (nSPS) is 10.8. The molecular formula is C25H22ClN3O4S. The van der Waals surface area contributed by atoms with Crippen LogP contribution < -0.4 is 20.3 Å². The molecule has 4 aromatic rings. The second-order valence-electron chi connectivity index (χ2n) is 7.14. The minimum atomic E-state index is -0.244. The van der Waals surface area contributed by atoms with Crippen LogP contribution in [0.15, 0.2) is 82.7 Å². The molecule has 7 nitrogen and oxygen atoms in total. The number of carbonyl (C=O) groups is 1. The SMILES string of the molecule is COc1ccccc1OCCNC(=O)CSc1nc2ccccc2c(=O)n1-c1ccccc1Cl. The average molecular weight is 496 g/mol. The molecule has 0 fully saturated rings. The molecule has 1 N–H and O–H groups in total. The van der Waals surface area contributed by atoms with Crippen LogP contribution in [0.1, 0.15) is 0 Å². The first-order valence-electron chi connectivity index (χ1n) is 10.5. The highest BCUT2D eigenvalue weighted by Crippen LogP contribution is 2.26. The van der Waals surface area contributed by atoms with E-state index in [1.807, 2.05) is 18.2 Å². The van der Waals surface area contributed by atoms with Crippen molar-refractivity contribution in [2.75, 3.05) is 26.0 Å². The van der Waals surface area contributed by atoms with Crippen molar-refractivity contribution in [2.24, 2.45) is 0 Å². The number of para-hydroxylation sites is 4. The zero-order chi connectivity index (χ0) is 23.9. The number of nitrogens with zero attached hydrogens (tertiary/aromatic N) is 2. The number of ether oxygens (including phenoxy) is 2. The highest BCUT2D eigenvalue weighted by atomic mass is 35.5. The molecule has 1 heterocycles. The van der Waals surface area contributed by atoms with Crippen LogP contribution >= 0.6 is 23.4 Å². The van der Waals surface area contributed by atoms with E-state index in [0.717, 1.165) is 0 Å². The van der Waals surface area contributed by atoms with E-state index >= 15 is 0 Å². The number of hydrogen-bond acceptors (Lipinski definition) is 6. The van der Waals surface area contributed by atoms with Crippen LogP contribution in [0.2, 0.25) is 5.02 Å². The molecule has 0 aliphatic heterocycles. The van der Waals surface area contributed by atoms with E-state index in [9.17, 15) is 9.59 Å². The summed E-state index contributed by atoms with van der Waals surface area (Å²) in [6.07, 6.45) is 0. The van der Waals surface area contributed by atoms with Crippen molar-refractivity contribution >= 4 is 40.2 Å². The quantitative estimate of drug-likeness (QED) is 0.211. The fourth-order valence-corrected chi connectivity index (χ4v) is 4.38. The molecule has 0 bridgehead atoms. The van der Waals surface area contributed by atoms with Gasteiger partial charge >= 0.3 is 0 Å². The molecule has 174 valence electrons. The average Bonchev–Trinajstić information content (AvgIpc) is 2.86. The Morgan fingerprint density at radius 1 is 1.03 bits per heavy atom. The first-order chi connectivity index (χ1) is 16.6. The molecule has 0 atom stereocenters. The summed E-state index contributed by atoms with van der Waals surface area (Å²) in [6.45, 7) is 0.606. The largest absolute Gasteiger partial charge is 0.493 e. The number of nitrogens with one attached hydrogen (secondary N) is 1. The third kappa shape index (κ3) is 5.35. The topological polar surface area (TPSA) is 82.5 Å². The predicted octanol–water partition coefficient (Wildman–Crippen LogP) is 4.34. The maximum Gasteiger partial charge on any atom is 0.266 e. The van der Waals surface area contributed by atoms with Crippen molar-refractivity contribution in [3.05, 3.63) is 88.2 Å². The van der Waals surface area contributed by atoms with Gasteiger partial charge in [0.25, 0.3) is 5.56 Å². The Kier molecular flexibility index (Phi) is 7.72. The van der Waals surface area contributed by atoms with Gasteiger partial charge in [-0.05, 0) is 36.4 Å². The van der Waals surface area contributed by atoms with Gasteiger partial charge in [-0.1, -0.05) is 59.8 Å². The lowest BCUT2D eigenvalue weighted by atomic mass is 10.2. The summed E-state index contributed by atoms with van der Waals surface area (Å²) in [5, 5.41) is 4.10. The Hall–Kier alpha value is -3.49. The second kappa shape index (κ2) is 11.1. The van der Waals surface area contributed by atoms with E-state index in [2.05, 4.69) is 10.3 Å². The van der Waals surface area contributed by atoms with E-state index < -0.39 is 0 Å². The van der Waals surface area contributed by atoms with Crippen LogP contribution in [-0.4, -0.2) is 41.5 Å². The standard InChI is InChI=1S/C25H22ClN3O4S/c1-32-21-12-6-7-13-22(21)33-15-14-27-23(30)16-34-25-28-19-10-4-2-8-17(19)24(31)29(25)20-11-5-3-9-18(20)26/h2-13H,14-16H2,1H3,(H,27,30). The van der Waals surface area contributed by atoms with Gasteiger partial charge in [0.1, 0.15) is 6.61 Å². The number of hydrogen-bond donors (Lipinski definition) is 1. The Labute approximate surface area is 205 Å². The molecule has 0 saturated heterocycles. The Morgan fingerprint density at radius 3 is 2.53 bits per heavy atom. The van der Waals surface area contributed by atoms with Crippen LogP contribution in [-0.2, 0) is 4.79 Å². The summed E-state index contributed by atoms with van der Waals surface area (Å²) < 4.78 is 12.4. The highest BCUT2D eigenvalue weighted by molar-refractivity contribution is 7.99. The summed E-state index contributed by atoms with van der Waals surface area (Å²) in [7, 11) is 1.57. The number of thioether (sulfide) groups is 1. The maximum atomic E-state index is 13.3. The molecule has 0 aliphatic rings. The van der Waals surface area contributed by atoms with Gasteiger partial charge in [0.2, 0.25) is 5.91 Å². The molecular weight excluding hydrogens is 474 g/mol. The number of amides is 1. The predicted molar refractivity (Wildman–Crippen MR) is 135 cm³/mol. The smallest absolute Gasteiger partial charge is 0.266 e. The van der Waals surface area contributed by atoms with Gasteiger partial charge < -0.3 is 14.8 Å². The summed E-state index contributed by atoms with van der Waals surface area (Å²) in [5.41, 5.74) is 0.830. The number of aromatic nitrogens is 2. The lowest BCUT2D eigenvalue weighted by Gasteiger charge is -2.14. The molecule has 0 unspecified atom stereocenters. The van der Waals surface area contributed by atoms with Gasteiger partial charge in [-0.15, -0.1) is 0 Å². The molecule has 3 aromatic carbocycles. The van der Waals surface area contributed by atoms with Crippen molar-refractivity contribution in [1.29, 1.82) is 0 Å². The number of methoxy groups -OCH3 is 1.